The molecule has 0 aromatic heterocycles. The maximum absolute atomic E-state index is 11.7. The van der Waals surface area contributed by atoms with Crippen molar-refractivity contribution in [2.45, 2.75) is 223 Å². The first kappa shape index (κ1) is 38.9. The molecule has 7 aliphatic rings. The third-order valence-electron chi connectivity index (χ3n) is 15.4. The van der Waals surface area contributed by atoms with E-state index in [-0.39, 0.29) is 48.6 Å². The minimum absolute atomic E-state index is 0.0966. The van der Waals surface area contributed by atoms with Gasteiger partial charge in [-0.05, 0) is 138 Å². The standard InChI is InChI=1S/C43H77N3O5/c1-27-24-28(2)40(48)29(3)38(27)26-49-36-22-23-37(39(47)25-36)43-45-41(30-14-18-34(19-15-30)50-32-10-6-4-7-11-32)44-42(46-43)31-16-20-35(21-17-31)51-33-12-8-5-9-13-33/h27-48H,4-26H2,1-3H3. The molecule has 0 radical (unpaired) electrons. The summed E-state index contributed by atoms with van der Waals surface area (Å²) in [4.78, 5) is 0. The van der Waals surface area contributed by atoms with Gasteiger partial charge >= 0.3 is 0 Å². The molecule has 6 saturated carbocycles. The Morgan fingerprint density at radius 3 is 1.47 bits per heavy atom. The van der Waals surface area contributed by atoms with E-state index in [1.54, 1.807) is 0 Å². The molecule has 0 aromatic carbocycles. The fraction of sp³-hybridized carbons (Fsp3) is 1.00. The molecule has 1 aliphatic heterocycles. The largest absolute Gasteiger partial charge is 0.393 e. The second-order valence-corrected chi connectivity index (χ2v) is 19.0. The van der Waals surface area contributed by atoms with Crippen LogP contribution >= 0.6 is 0 Å². The van der Waals surface area contributed by atoms with E-state index in [1.165, 1.54) is 116 Å². The second kappa shape index (κ2) is 18.5. The lowest BCUT2D eigenvalue weighted by molar-refractivity contribution is -0.0994. The number of hydrogen-bond acceptors (Lipinski definition) is 8. The zero-order chi connectivity index (χ0) is 35.3. The van der Waals surface area contributed by atoms with Crippen LogP contribution in [0.25, 0.3) is 0 Å². The van der Waals surface area contributed by atoms with Crippen molar-refractivity contribution in [3.05, 3.63) is 0 Å². The van der Waals surface area contributed by atoms with Gasteiger partial charge in [-0.1, -0.05) is 59.3 Å². The van der Waals surface area contributed by atoms with Crippen LogP contribution in [0.2, 0.25) is 0 Å². The normalized spacial score (nSPS) is 46.9. The Bertz CT molecular complexity index is 975. The number of aliphatic hydroxyl groups excluding tert-OH is 2. The number of nitrogens with one attached hydrogen (secondary N) is 3. The molecule has 0 bridgehead atoms. The number of ether oxygens (including phenoxy) is 3. The summed E-state index contributed by atoms with van der Waals surface area (Å²) in [5, 5.41) is 34.7. The summed E-state index contributed by atoms with van der Waals surface area (Å²) in [6, 6.07) is 0. The molecule has 0 amide bonds. The van der Waals surface area contributed by atoms with Crippen LogP contribution in [-0.4, -0.2) is 78.0 Å². The molecule has 7 fully saturated rings. The summed E-state index contributed by atoms with van der Waals surface area (Å²) in [5.41, 5.74) is 0. The van der Waals surface area contributed by atoms with Gasteiger partial charge in [-0.15, -0.1) is 0 Å². The molecule has 1 heterocycles. The van der Waals surface area contributed by atoms with Crippen molar-refractivity contribution in [3.63, 3.8) is 0 Å². The Hall–Kier alpha value is -0.320. The van der Waals surface area contributed by atoms with Crippen molar-refractivity contribution in [3.8, 4) is 0 Å². The van der Waals surface area contributed by atoms with Crippen LogP contribution in [0.15, 0.2) is 0 Å². The highest BCUT2D eigenvalue weighted by molar-refractivity contribution is 4.98. The molecule has 10 unspecified atom stereocenters. The van der Waals surface area contributed by atoms with Crippen LogP contribution in [-0.2, 0) is 14.2 Å². The van der Waals surface area contributed by atoms with Gasteiger partial charge in [0.2, 0.25) is 0 Å². The van der Waals surface area contributed by atoms with E-state index >= 15 is 0 Å². The van der Waals surface area contributed by atoms with E-state index in [0.717, 1.165) is 19.3 Å². The average Bonchev–Trinajstić information content (AvgIpc) is 3.15. The van der Waals surface area contributed by atoms with Gasteiger partial charge in [0.15, 0.2) is 0 Å². The molecular weight excluding hydrogens is 638 g/mol. The minimum Gasteiger partial charge on any atom is -0.393 e. The van der Waals surface area contributed by atoms with E-state index < -0.39 is 0 Å². The first-order chi connectivity index (χ1) is 24.8. The average molecular weight is 716 g/mol. The molecule has 8 nitrogen and oxygen atoms in total. The summed E-state index contributed by atoms with van der Waals surface area (Å²) in [5.74, 6) is 2.89. The maximum Gasteiger partial charge on any atom is 0.0649 e. The molecule has 5 N–H and O–H groups in total. The van der Waals surface area contributed by atoms with Gasteiger partial charge in [-0.3, -0.25) is 16.0 Å². The van der Waals surface area contributed by atoms with Gasteiger partial charge in [-0.25, -0.2) is 0 Å². The van der Waals surface area contributed by atoms with Crippen LogP contribution in [0.5, 0.6) is 0 Å². The number of hydrogen-bond donors (Lipinski definition) is 5. The minimum atomic E-state index is -0.390. The number of aliphatic hydroxyl groups is 2. The Kier molecular flexibility index (Phi) is 14.2. The number of rotatable bonds is 10. The molecular formula is C43H77N3O5. The monoisotopic (exact) mass is 716 g/mol. The Morgan fingerprint density at radius 1 is 0.490 bits per heavy atom. The van der Waals surface area contributed by atoms with Gasteiger partial charge in [0.25, 0.3) is 0 Å². The highest BCUT2D eigenvalue weighted by Gasteiger charge is 2.44. The van der Waals surface area contributed by atoms with Gasteiger partial charge in [0.05, 0.1) is 67.8 Å². The molecule has 0 aromatic rings. The van der Waals surface area contributed by atoms with Crippen LogP contribution in [0.1, 0.15) is 162 Å². The van der Waals surface area contributed by atoms with E-state index in [4.69, 9.17) is 14.2 Å². The van der Waals surface area contributed by atoms with E-state index in [2.05, 4.69) is 36.7 Å². The second-order valence-electron chi connectivity index (χ2n) is 19.0. The lowest BCUT2D eigenvalue weighted by Gasteiger charge is -2.50. The van der Waals surface area contributed by atoms with Crippen LogP contribution in [0.4, 0.5) is 0 Å². The smallest absolute Gasteiger partial charge is 0.0649 e. The van der Waals surface area contributed by atoms with Crippen molar-refractivity contribution in [2.75, 3.05) is 6.61 Å². The zero-order valence-corrected chi connectivity index (χ0v) is 32.7. The first-order valence-electron chi connectivity index (χ1n) is 22.4. The lowest BCUT2D eigenvalue weighted by atomic mass is 9.68. The van der Waals surface area contributed by atoms with Gasteiger partial charge < -0.3 is 24.4 Å². The fourth-order valence-electron chi connectivity index (χ4n) is 12.0. The van der Waals surface area contributed by atoms with Gasteiger partial charge in [-0.2, -0.15) is 0 Å². The summed E-state index contributed by atoms with van der Waals surface area (Å²) >= 11 is 0. The third-order valence-corrected chi connectivity index (χ3v) is 15.4. The molecule has 0 spiro atoms. The first-order valence-corrected chi connectivity index (χ1v) is 22.4. The van der Waals surface area contributed by atoms with Crippen molar-refractivity contribution < 1.29 is 24.4 Å². The summed E-state index contributed by atoms with van der Waals surface area (Å²) in [6.45, 7) is 7.40. The van der Waals surface area contributed by atoms with Gasteiger partial charge in [0.1, 0.15) is 0 Å². The summed E-state index contributed by atoms with van der Waals surface area (Å²) < 4.78 is 19.9. The van der Waals surface area contributed by atoms with E-state index in [0.29, 0.717) is 67.0 Å². The summed E-state index contributed by atoms with van der Waals surface area (Å²) in [7, 11) is 0. The Balaban J connectivity index is 0.944. The maximum atomic E-state index is 11.7. The zero-order valence-electron chi connectivity index (χ0n) is 32.7. The summed E-state index contributed by atoms with van der Waals surface area (Å²) in [6.07, 6.45) is 28.3. The van der Waals surface area contributed by atoms with Crippen LogP contribution in [0.3, 0.4) is 0 Å². The van der Waals surface area contributed by atoms with Crippen LogP contribution in [0, 0.1) is 41.4 Å². The van der Waals surface area contributed by atoms with E-state index in [9.17, 15) is 10.2 Å². The highest BCUT2D eigenvalue weighted by Crippen LogP contribution is 2.40. The lowest BCUT2D eigenvalue weighted by Crippen LogP contribution is -2.73. The molecule has 10 atom stereocenters. The molecule has 7 rings (SSSR count). The topological polar surface area (TPSA) is 104 Å². The Labute approximate surface area is 311 Å². The molecule has 1 saturated heterocycles. The van der Waals surface area contributed by atoms with Crippen molar-refractivity contribution in [1.29, 1.82) is 0 Å². The fourth-order valence-corrected chi connectivity index (χ4v) is 12.0. The Morgan fingerprint density at radius 2 is 0.961 bits per heavy atom. The quantitative estimate of drug-likeness (QED) is 0.160. The SMILES string of the molecule is CC1CC(C)C(COC2CCC(C3NC(C4CCC(OC5CCCCC5)CC4)NC(C4CCC(OC5CCCCC5)CC4)N3)C(O)C2)C(C)C1O. The highest BCUT2D eigenvalue weighted by atomic mass is 16.5. The molecule has 51 heavy (non-hydrogen) atoms. The van der Waals surface area contributed by atoms with Crippen molar-refractivity contribution in [1.82, 2.24) is 16.0 Å². The van der Waals surface area contributed by atoms with Crippen molar-refractivity contribution in [2.24, 2.45) is 41.4 Å². The molecule has 294 valence electrons. The predicted molar refractivity (Wildman–Crippen MR) is 203 cm³/mol. The van der Waals surface area contributed by atoms with Crippen molar-refractivity contribution >= 4 is 0 Å². The van der Waals surface area contributed by atoms with Crippen LogP contribution < -0.4 is 16.0 Å². The predicted octanol–water partition coefficient (Wildman–Crippen LogP) is 7.40. The third kappa shape index (κ3) is 10.1. The van der Waals surface area contributed by atoms with E-state index in [1.807, 2.05) is 0 Å². The molecule has 6 aliphatic carbocycles. The van der Waals surface area contributed by atoms with Gasteiger partial charge in [0, 0.05) is 5.92 Å². The molecule has 8 heteroatoms.